The summed E-state index contributed by atoms with van der Waals surface area (Å²) in [5.74, 6) is -0.346. The largest absolute Gasteiger partial charge is 0.337 e. The third-order valence-electron chi connectivity index (χ3n) is 3.99. The van der Waals surface area contributed by atoms with Gasteiger partial charge in [-0.15, -0.1) is 0 Å². The van der Waals surface area contributed by atoms with Crippen LogP contribution in [0.5, 0.6) is 0 Å². The van der Waals surface area contributed by atoms with Crippen molar-refractivity contribution in [2.24, 2.45) is 0 Å². The molecule has 0 bridgehead atoms. The van der Waals surface area contributed by atoms with Crippen molar-refractivity contribution in [2.75, 3.05) is 17.8 Å². The molecule has 2 aromatic rings. The lowest BCUT2D eigenvalue weighted by molar-refractivity contribution is 0.0762. The van der Waals surface area contributed by atoms with Gasteiger partial charge in [0.15, 0.2) is 0 Å². The maximum absolute atomic E-state index is 12.6. The first-order valence-electron chi connectivity index (χ1n) is 8.60. The number of nitrogens with zero attached hydrogens (tertiary/aromatic N) is 3. The number of nitrogens with one attached hydrogen (secondary N) is 1. The molecule has 0 unspecified atom stereocenters. The molecule has 8 heteroatoms. The molecular weight excluding hydrogens is 376 g/mol. The summed E-state index contributed by atoms with van der Waals surface area (Å²) in [6.45, 7) is 2.34. The lowest BCUT2D eigenvalue weighted by Gasteiger charge is -2.20. The molecular formula is C20H20N4O3S. The van der Waals surface area contributed by atoms with Crippen molar-refractivity contribution in [3.63, 3.8) is 0 Å². The van der Waals surface area contributed by atoms with Gasteiger partial charge in [0, 0.05) is 24.3 Å². The lowest BCUT2D eigenvalue weighted by Crippen LogP contribution is -2.32. The topological polar surface area (TPSA) is 114 Å². The van der Waals surface area contributed by atoms with Gasteiger partial charge in [-0.1, -0.05) is 17.7 Å². The Morgan fingerprint density at radius 1 is 0.964 bits per heavy atom. The van der Waals surface area contributed by atoms with Crippen LogP contribution in [0.2, 0.25) is 0 Å². The zero-order chi connectivity index (χ0) is 20.6. The number of aryl methyl sites for hydroxylation is 1. The quantitative estimate of drug-likeness (QED) is 0.736. The molecule has 0 saturated heterocycles. The van der Waals surface area contributed by atoms with Gasteiger partial charge in [-0.2, -0.15) is 10.5 Å². The molecule has 0 spiro atoms. The first kappa shape index (κ1) is 20.9. The summed E-state index contributed by atoms with van der Waals surface area (Å²) in [6.07, 6.45) is 0.314. The molecule has 0 aromatic heterocycles. The molecule has 7 nitrogen and oxygen atoms in total. The Hall–Kier alpha value is -3.36. The molecule has 0 saturated carbocycles. The molecule has 0 aliphatic heterocycles. The van der Waals surface area contributed by atoms with Gasteiger partial charge in [-0.3, -0.25) is 9.52 Å². The molecule has 0 atom stereocenters. The second kappa shape index (κ2) is 9.54. The number of rotatable bonds is 8. The second-order valence-corrected chi connectivity index (χ2v) is 7.79. The van der Waals surface area contributed by atoms with E-state index in [9.17, 15) is 13.2 Å². The van der Waals surface area contributed by atoms with E-state index in [2.05, 4.69) is 4.72 Å². The number of carbonyl (C=O) groups is 1. The minimum atomic E-state index is -3.78. The van der Waals surface area contributed by atoms with Crippen LogP contribution in [0.1, 0.15) is 28.8 Å². The van der Waals surface area contributed by atoms with Crippen molar-refractivity contribution in [3.05, 3.63) is 59.7 Å². The van der Waals surface area contributed by atoms with Crippen LogP contribution in [-0.4, -0.2) is 32.3 Å². The minimum absolute atomic E-state index is 0.0326. The number of carbonyl (C=O) groups excluding carboxylic acids is 1. The molecule has 0 aliphatic carbocycles. The van der Waals surface area contributed by atoms with Gasteiger partial charge in [0.05, 0.1) is 29.9 Å². The van der Waals surface area contributed by atoms with E-state index >= 15 is 0 Å². The standard InChI is InChI=1S/C20H20N4O3S/c1-16-4-8-18(9-5-16)23-28(26,27)19-10-6-17(7-11-19)20(25)24(14-2-12-21)15-3-13-22/h4-11,23H,2-3,14-15H2,1H3. The molecule has 28 heavy (non-hydrogen) atoms. The van der Waals surface area contributed by atoms with E-state index in [1.807, 2.05) is 19.1 Å². The van der Waals surface area contributed by atoms with Crippen LogP contribution in [0.15, 0.2) is 53.4 Å². The average Bonchev–Trinajstić information content (AvgIpc) is 2.69. The van der Waals surface area contributed by atoms with Crippen molar-refractivity contribution < 1.29 is 13.2 Å². The van der Waals surface area contributed by atoms with Gasteiger partial charge in [0.2, 0.25) is 0 Å². The number of hydrogen-bond donors (Lipinski definition) is 1. The highest BCUT2D eigenvalue weighted by atomic mass is 32.2. The predicted octanol–water partition coefficient (Wildman–Crippen LogP) is 3.07. The second-order valence-electron chi connectivity index (χ2n) is 6.10. The fourth-order valence-corrected chi connectivity index (χ4v) is 3.54. The Bertz CT molecular complexity index is 983. The van der Waals surface area contributed by atoms with Gasteiger partial charge in [-0.05, 0) is 43.3 Å². The Kier molecular flexibility index (Phi) is 7.14. The van der Waals surface area contributed by atoms with Crippen LogP contribution in [0.4, 0.5) is 5.69 Å². The van der Waals surface area contributed by atoms with E-state index in [1.165, 1.54) is 29.2 Å². The number of benzene rings is 2. The van der Waals surface area contributed by atoms with Crippen LogP contribution in [-0.2, 0) is 10.0 Å². The Labute approximate surface area is 164 Å². The predicted molar refractivity (Wildman–Crippen MR) is 105 cm³/mol. The number of anilines is 1. The van der Waals surface area contributed by atoms with Crippen molar-refractivity contribution in [3.8, 4) is 12.1 Å². The van der Waals surface area contributed by atoms with E-state index in [4.69, 9.17) is 10.5 Å². The van der Waals surface area contributed by atoms with Crippen LogP contribution in [0.3, 0.4) is 0 Å². The highest BCUT2D eigenvalue weighted by Gasteiger charge is 2.18. The normalized spacial score (nSPS) is 10.5. The van der Waals surface area contributed by atoms with Gasteiger partial charge in [0.25, 0.3) is 15.9 Å². The monoisotopic (exact) mass is 396 g/mol. The molecule has 0 fully saturated rings. The fourth-order valence-electron chi connectivity index (χ4n) is 2.48. The first-order valence-corrected chi connectivity index (χ1v) is 10.1. The molecule has 0 radical (unpaired) electrons. The number of nitriles is 2. The van der Waals surface area contributed by atoms with E-state index in [-0.39, 0.29) is 36.7 Å². The summed E-state index contributed by atoms with van der Waals surface area (Å²) in [5.41, 5.74) is 1.76. The third-order valence-corrected chi connectivity index (χ3v) is 5.39. The van der Waals surface area contributed by atoms with Gasteiger partial charge in [-0.25, -0.2) is 8.42 Å². The van der Waals surface area contributed by atoms with Gasteiger partial charge >= 0.3 is 0 Å². The molecule has 2 aromatic carbocycles. The van der Waals surface area contributed by atoms with Gasteiger partial charge < -0.3 is 4.90 Å². The van der Waals surface area contributed by atoms with Crippen LogP contribution in [0, 0.1) is 29.6 Å². The summed E-state index contributed by atoms with van der Waals surface area (Å²) >= 11 is 0. The summed E-state index contributed by atoms with van der Waals surface area (Å²) < 4.78 is 27.5. The molecule has 2 rings (SSSR count). The van der Waals surface area contributed by atoms with Crippen LogP contribution in [0.25, 0.3) is 0 Å². The van der Waals surface area contributed by atoms with Gasteiger partial charge in [0.1, 0.15) is 0 Å². The highest BCUT2D eigenvalue weighted by Crippen LogP contribution is 2.18. The summed E-state index contributed by atoms with van der Waals surface area (Å²) in [5, 5.41) is 17.5. The average molecular weight is 396 g/mol. The highest BCUT2D eigenvalue weighted by molar-refractivity contribution is 7.92. The van der Waals surface area contributed by atoms with Crippen molar-refractivity contribution in [1.29, 1.82) is 10.5 Å². The molecule has 144 valence electrons. The van der Waals surface area contributed by atoms with E-state index < -0.39 is 10.0 Å². The zero-order valence-electron chi connectivity index (χ0n) is 15.4. The van der Waals surface area contributed by atoms with Crippen molar-refractivity contribution >= 4 is 21.6 Å². The van der Waals surface area contributed by atoms with Crippen molar-refractivity contribution in [1.82, 2.24) is 4.90 Å². The van der Waals surface area contributed by atoms with Crippen LogP contribution >= 0.6 is 0 Å². The molecule has 0 heterocycles. The third kappa shape index (κ3) is 5.57. The van der Waals surface area contributed by atoms with E-state index in [0.717, 1.165) is 5.56 Å². The SMILES string of the molecule is Cc1ccc(NS(=O)(=O)c2ccc(C(=O)N(CCC#N)CCC#N)cc2)cc1. The molecule has 1 amide bonds. The van der Waals surface area contributed by atoms with E-state index in [0.29, 0.717) is 11.3 Å². The smallest absolute Gasteiger partial charge is 0.261 e. The van der Waals surface area contributed by atoms with E-state index in [1.54, 1.807) is 24.3 Å². The van der Waals surface area contributed by atoms with Crippen LogP contribution < -0.4 is 4.72 Å². The molecule has 0 aliphatic rings. The Morgan fingerprint density at radius 3 is 2.00 bits per heavy atom. The first-order chi connectivity index (χ1) is 13.4. The maximum atomic E-state index is 12.6. The Balaban J connectivity index is 2.16. The fraction of sp³-hybridized carbons (Fsp3) is 0.250. The molecule has 1 N–H and O–H groups in total. The summed E-state index contributed by atoms with van der Waals surface area (Å²) in [7, 11) is -3.78. The Morgan fingerprint density at radius 2 is 1.50 bits per heavy atom. The maximum Gasteiger partial charge on any atom is 0.261 e. The number of amides is 1. The zero-order valence-corrected chi connectivity index (χ0v) is 16.2. The summed E-state index contributed by atoms with van der Waals surface area (Å²) in [6, 6.07) is 16.5. The minimum Gasteiger partial charge on any atom is -0.337 e. The summed E-state index contributed by atoms with van der Waals surface area (Å²) in [4.78, 5) is 14.0. The lowest BCUT2D eigenvalue weighted by atomic mass is 10.2. The van der Waals surface area contributed by atoms with Crippen molar-refractivity contribution in [2.45, 2.75) is 24.7 Å². The number of sulfonamides is 1. The number of hydrogen-bond acceptors (Lipinski definition) is 5.